The fraction of sp³-hybridized carbons (Fsp3) is 0.533. The van der Waals surface area contributed by atoms with Crippen molar-refractivity contribution in [2.75, 3.05) is 6.54 Å². The van der Waals surface area contributed by atoms with Crippen LogP contribution in [-0.2, 0) is 16.4 Å². The van der Waals surface area contributed by atoms with E-state index in [0.717, 1.165) is 5.56 Å². The van der Waals surface area contributed by atoms with Crippen LogP contribution in [0.15, 0.2) is 29.2 Å². The van der Waals surface area contributed by atoms with Crippen LogP contribution in [0.3, 0.4) is 0 Å². The molecule has 1 aromatic rings. The Morgan fingerprint density at radius 2 is 1.70 bits per heavy atom. The smallest absolute Gasteiger partial charge is 0.207 e. The van der Waals surface area contributed by atoms with Crippen LogP contribution in [0, 0.1) is 17.2 Å². The molecule has 0 atom stereocenters. The van der Waals surface area contributed by atoms with Gasteiger partial charge in [-0.1, -0.05) is 26.0 Å². The minimum atomic E-state index is -3.48. The van der Waals surface area contributed by atoms with Gasteiger partial charge in [-0.3, -0.25) is 0 Å². The maximum atomic E-state index is 12.6. The lowest BCUT2D eigenvalue weighted by Gasteiger charge is -2.27. The van der Waals surface area contributed by atoms with Crippen molar-refractivity contribution in [3.63, 3.8) is 0 Å². The van der Waals surface area contributed by atoms with Crippen LogP contribution in [-0.4, -0.2) is 25.3 Å². The van der Waals surface area contributed by atoms with Crippen LogP contribution in [0.4, 0.5) is 0 Å². The Hall–Kier alpha value is -1.38. The van der Waals surface area contributed by atoms with E-state index in [2.05, 4.69) is 0 Å². The Balaban J connectivity index is 3.10. The summed E-state index contributed by atoms with van der Waals surface area (Å²) in [5.41, 5.74) is 0.825. The summed E-state index contributed by atoms with van der Waals surface area (Å²) in [5, 5.41) is 8.63. The molecule has 0 aliphatic rings. The van der Waals surface area contributed by atoms with Gasteiger partial charge in [-0.15, -0.1) is 0 Å². The number of hydrogen-bond donors (Lipinski definition) is 0. The second kappa shape index (κ2) is 6.87. The molecule has 0 spiro atoms. The molecule has 20 heavy (non-hydrogen) atoms. The third kappa shape index (κ3) is 4.06. The molecule has 0 amide bonds. The van der Waals surface area contributed by atoms with Gasteiger partial charge in [0.1, 0.15) is 0 Å². The number of hydrogen-bond acceptors (Lipinski definition) is 3. The van der Waals surface area contributed by atoms with Gasteiger partial charge in [0.05, 0.1) is 17.4 Å². The monoisotopic (exact) mass is 294 g/mol. The Kier molecular flexibility index (Phi) is 5.73. The normalized spacial score (nSPS) is 12.1. The molecule has 0 unspecified atom stereocenters. The molecule has 1 rings (SSSR count). The molecule has 0 aliphatic carbocycles. The summed E-state index contributed by atoms with van der Waals surface area (Å²) in [6, 6.07) is 8.53. The summed E-state index contributed by atoms with van der Waals surface area (Å²) in [6.07, 6.45) is 0.292. The molecule has 1 aromatic carbocycles. The Morgan fingerprint density at radius 1 is 1.15 bits per heavy atom. The van der Waals surface area contributed by atoms with Gasteiger partial charge in [0.25, 0.3) is 0 Å². The molecule has 0 saturated carbocycles. The number of rotatable bonds is 6. The molecule has 0 fully saturated rings. The van der Waals surface area contributed by atoms with Crippen molar-refractivity contribution in [2.45, 2.75) is 45.1 Å². The van der Waals surface area contributed by atoms with Crippen LogP contribution >= 0.6 is 0 Å². The molecule has 0 aliphatic heterocycles. The van der Waals surface area contributed by atoms with E-state index in [1.807, 2.05) is 33.8 Å². The average Bonchev–Trinajstić information content (AvgIpc) is 2.36. The Labute approximate surface area is 122 Å². The first kappa shape index (κ1) is 16.7. The van der Waals surface area contributed by atoms with Gasteiger partial charge >= 0.3 is 0 Å². The highest BCUT2D eigenvalue weighted by Crippen LogP contribution is 2.20. The molecule has 0 N–H and O–H groups in total. The molecule has 0 bridgehead atoms. The second-order valence-electron chi connectivity index (χ2n) is 5.54. The second-order valence-corrected chi connectivity index (χ2v) is 7.43. The lowest BCUT2D eigenvalue weighted by molar-refractivity contribution is 0.319. The molecule has 5 heteroatoms. The summed E-state index contributed by atoms with van der Waals surface area (Å²) in [4.78, 5) is 0.286. The molecular weight excluding hydrogens is 272 g/mol. The molecule has 0 saturated heterocycles. The van der Waals surface area contributed by atoms with E-state index in [0.29, 0.717) is 13.0 Å². The standard InChI is InChI=1S/C15H22N2O2S/c1-12(2)11-17(13(3)4)20(18,19)15-7-5-14(6-8-15)9-10-16/h5-8,12-13H,9,11H2,1-4H3. The fourth-order valence-corrected chi connectivity index (χ4v) is 3.75. The van der Waals surface area contributed by atoms with E-state index < -0.39 is 10.0 Å². The molecule has 110 valence electrons. The highest BCUT2D eigenvalue weighted by Gasteiger charge is 2.27. The van der Waals surface area contributed by atoms with Gasteiger partial charge in [0.15, 0.2) is 0 Å². The van der Waals surface area contributed by atoms with Crippen LogP contribution in [0.1, 0.15) is 33.3 Å². The third-order valence-electron chi connectivity index (χ3n) is 2.93. The molecular formula is C15H22N2O2S. The number of nitrogens with zero attached hydrogens (tertiary/aromatic N) is 2. The summed E-state index contributed by atoms with van der Waals surface area (Å²) in [6.45, 7) is 8.26. The van der Waals surface area contributed by atoms with Crippen molar-refractivity contribution in [1.29, 1.82) is 5.26 Å². The number of nitriles is 1. The van der Waals surface area contributed by atoms with Gasteiger partial charge in [0.2, 0.25) is 10.0 Å². The van der Waals surface area contributed by atoms with Crippen LogP contribution < -0.4 is 0 Å². The molecule has 0 radical (unpaired) electrons. The van der Waals surface area contributed by atoms with Gasteiger partial charge < -0.3 is 0 Å². The van der Waals surface area contributed by atoms with Gasteiger partial charge in [0, 0.05) is 12.6 Å². The lowest BCUT2D eigenvalue weighted by Crippen LogP contribution is -2.39. The van der Waals surface area contributed by atoms with E-state index in [1.54, 1.807) is 24.3 Å². The summed E-state index contributed by atoms with van der Waals surface area (Å²) >= 11 is 0. The Bertz CT molecular complexity index is 569. The fourth-order valence-electron chi connectivity index (χ4n) is 1.95. The third-order valence-corrected chi connectivity index (χ3v) is 4.99. The van der Waals surface area contributed by atoms with E-state index >= 15 is 0 Å². The number of benzene rings is 1. The zero-order chi connectivity index (χ0) is 15.3. The lowest BCUT2D eigenvalue weighted by atomic mass is 10.2. The van der Waals surface area contributed by atoms with E-state index in [9.17, 15) is 8.42 Å². The summed E-state index contributed by atoms with van der Waals surface area (Å²) < 4.78 is 26.8. The van der Waals surface area contributed by atoms with Gasteiger partial charge in [-0.25, -0.2) is 8.42 Å². The van der Waals surface area contributed by atoms with Crippen molar-refractivity contribution in [1.82, 2.24) is 4.31 Å². The maximum Gasteiger partial charge on any atom is 0.243 e. The summed E-state index contributed by atoms with van der Waals surface area (Å²) in [7, 11) is -3.48. The van der Waals surface area contributed by atoms with Crippen molar-refractivity contribution in [2.24, 2.45) is 5.92 Å². The van der Waals surface area contributed by atoms with E-state index in [-0.39, 0.29) is 16.9 Å². The maximum absolute atomic E-state index is 12.6. The predicted octanol–water partition coefficient (Wildman–Crippen LogP) is 2.81. The molecule has 4 nitrogen and oxygen atoms in total. The van der Waals surface area contributed by atoms with Crippen molar-refractivity contribution < 1.29 is 8.42 Å². The average molecular weight is 294 g/mol. The van der Waals surface area contributed by atoms with Crippen LogP contribution in [0.25, 0.3) is 0 Å². The first-order valence-electron chi connectivity index (χ1n) is 6.76. The summed E-state index contributed by atoms with van der Waals surface area (Å²) in [5.74, 6) is 0.269. The zero-order valence-corrected chi connectivity index (χ0v) is 13.3. The predicted molar refractivity (Wildman–Crippen MR) is 79.6 cm³/mol. The van der Waals surface area contributed by atoms with E-state index in [1.165, 1.54) is 4.31 Å². The Morgan fingerprint density at radius 3 is 2.10 bits per heavy atom. The molecule has 0 heterocycles. The quantitative estimate of drug-likeness (QED) is 0.810. The minimum absolute atomic E-state index is 0.0822. The zero-order valence-electron chi connectivity index (χ0n) is 12.5. The van der Waals surface area contributed by atoms with Crippen LogP contribution in [0.2, 0.25) is 0 Å². The first-order chi connectivity index (χ1) is 9.28. The van der Waals surface area contributed by atoms with Crippen molar-refractivity contribution in [3.8, 4) is 6.07 Å². The number of sulfonamides is 1. The SMILES string of the molecule is CC(C)CN(C(C)C)S(=O)(=O)c1ccc(CC#N)cc1. The largest absolute Gasteiger partial charge is 0.243 e. The highest BCUT2D eigenvalue weighted by atomic mass is 32.2. The minimum Gasteiger partial charge on any atom is -0.207 e. The molecule has 0 aromatic heterocycles. The van der Waals surface area contributed by atoms with E-state index in [4.69, 9.17) is 5.26 Å². The van der Waals surface area contributed by atoms with Crippen molar-refractivity contribution >= 4 is 10.0 Å². The first-order valence-corrected chi connectivity index (χ1v) is 8.20. The van der Waals surface area contributed by atoms with Gasteiger partial charge in [-0.05, 0) is 37.5 Å². The van der Waals surface area contributed by atoms with Crippen LogP contribution in [0.5, 0.6) is 0 Å². The topological polar surface area (TPSA) is 61.2 Å². The van der Waals surface area contributed by atoms with Crippen molar-refractivity contribution in [3.05, 3.63) is 29.8 Å². The van der Waals surface area contributed by atoms with Gasteiger partial charge in [-0.2, -0.15) is 9.57 Å². The highest BCUT2D eigenvalue weighted by molar-refractivity contribution is 7.89.